The lowest BCUT2D eigenvalue weighted by atomic mass is 10.5. The van der Waals surface area contributed by atoms with Crippen LogP contribution >= 0.6 is 22.6 Å². The molecule has 0 aliphatic heterocycles. The highest BCUT2D eigenvalue weighted by Crippen LogP contribution is 1.86. The van der Waals surface area contributed by atoms with Crippen LogP contribution in [0.4, 0.5) is 0 Å². The third-order valence-electron chi connectivity index (χ3n) is 0.946. The zero-order valence-corrected chi connectivity index (χ0v) is 11.7. The molecular formula is C11H15IO4. The van der Waals surface area contributed by atoms with E-state index in [-0.39, 0.29) is 12.1 Å². The zero-order valence-electron chi connectivity index (χ0n) is 9.53. The fourth-order valence-corrected chi connectivity index (χ4v) is 0.784. The Bertz CT molecular complexity index is 276. The molecular weight excluding hydrogens is 323 g/mol. The Balaban J connectivity index is 0. The first kappa shape index (κ1) is 17.4. The van der Waals surface area contributed by atoms with Crippen molar-refractivity contribution in [3.05, 3.63) is 10.2 Å². The number of hydrogen-bond donors (Lipinski definition) is 0. The second kappa shape index (κ2) is 12.0. The molecule has 0 aromatic carbocycles. The average molecular weight is 338 g/mol. The van der Waals surface area contributed by atoms with E-state index in [4.69, 9.17) is 6.42 Å². The van der Waals surface area contributed by atoms with Crippen LogP contribution in [0.5, 0.6) is 0 Å². The standard InChI is InChI=1S/C6H8O2.C5H7IO2/c1-4-6(7)8-5(2)3;1-2-8-5(7)3-4-6/h1,5H,2-3H3;3-4H,2H2,1H3/b;4-3-. The van der Waals surface area contributed by atoms with Gasteiger partial charge >= 0.3 is 11.9 Å². The zero-order chi connectivity index (χ0) is 13.0. The van der Waals surface area contributed by atoms with E-state index in [1.165, 1.54) is 6.08 Å². The molecule has 4 nitrogen and oxygen atoms in total. The molecule has 0 heterocycles. The van der Waals surface area contributed by atoms with Gasteiger partial charge in [-0.25, -0.2) is 9.59 Å². The second-order valence-corrected chi connectivity index (χ2v) is 3.36. The number of ether oxygens (including phenoxy) is 2. The molecule has 0 aromatic rings. The fraction of sp³-hybridized carbons (Fsp3) is 0.455. The summed E-state index contributed by atoms with van der Waals surface area (Å²) in [4.78, 5) is 20.5. The van der Waals surface area contributed by atoms with E-state index in [1.54, 1.807) is 24.9 Å². The summed E-state index contributed by atoms with van der Waals surface area (Å²) >= 11 is 1.96. The van der Waals surface area contributed by atoms with Crippen molar-refractivity contribution in [1.82, 2.24) is 0 Å². The maximum Gasteiger partial charge on any atom is 0.384 e. The molecule has 0 unspecified atom stereocenters. The highest BCUT2D eigenvalue weighted by atomic mass is 127. The van der Waals surface area contributed by atoms with Gasteiger partial charge in [0, 0.05) is 12.0 Å². The Kier molecular flexibility index (Phi) is 13.1. The lowest BCUT2D eigenvalue weighted by Crippen LogP contribution is -2.08. The van der Waals surface area contributed by atoms with E-state index < -0.39 is 5.97 Å². The highest BCUT2D eigenvalue weighted by molar-refractivity contribution is 14.1. The normalized spacial score (nSPS) is 9.00. The van der Waals surface area contributed by atoms with E-state index >= 15 is 0 Å². The maximum absolute atomic E-state index is 10.3. The van der Waals surface area contributed by atoms with Crippen molar-refractivity contribution in [2.24, 2.45) is 0 Å². The summed E-state index contributed by atoms with van der Waals surface area (Å²) in [6, 6.07) is 0. The van der Waals surface area contributed by atoms with Gasteiger partial charge in [0.15, 0.2) is 0 Å². The summed E-state index contributed by atoms with van der Waals surface area (Å²) in [5.74, 6) is 0.962. The van der Waals surface area contributed by atoms with Crippen molar-refractivity contribution < 1.29 is 19.1 Å². The first-order chi connectivity index (χ1) is 7.47. The number of halogens is 1. The van der Waals surface area contributed by atoms with Crippen LogP contribution < -0.4 is 0 Å². The molecule has 0 saturated carbocycles. The Morgan fingerprint density at radius 3 is 2.31 bits per heavy atom. The van der Waals surface area contributed by atoms with E-state index in [0.717, 1.165) is 0 Å². The van der Waals surface area contributed by atoms with Crippen LogP contribution in [0, 0.1) is 12.3 Å². The number of hydrogen-bond acceptors (Lipinski definition) is 4. The average Bonchev–Trinajstić information content (AvgIpc) is 2.18. The van der Waals surface area contributed by atoms with Gasteiger partial charge in [0.05, 0.1) is 12.7 Å². The highest BCUT2D eigenvalue weighted by Gasteiger charge is 1.97. The fourth-order valence-electron chi connectivity index (χ4n) is 0.490. The molecule has 0 radical (unpaired) electrons. The van der Waals surface area contributed by atoms with Gasteiger partial charge < -0.3 is 9.47 Å². The molecule has 0 saturated heterocycles. The van der Waals surface area contributed by atoms with Crippen molar-refractivity contribution in [2.45, 2.75) is 26.9 Å². The van der Waals surface area contributed by atoms with Crippen molar-refractivity contribution in [2.75, 3.05) is 6.61 Å². The SMILES string of the molecule is C#CC(=O)OC(C)C.CCOC(=O)/C=C\I. The molecule has 0 spiro atoms. The summed E-state index contributed by atoms with van der Waals surface area (Å²) in [5.41, 5.74) is 0. The number of rotatable bonds is 3. The molecule has 0 N–H and O–H groups in total. The van der Waals surface area contributed by atoms with E-state index in [9.17, 15) is 9.59 Å². The minimum atomic E-state index is -0.597. The van der Waals surface area contributed by atoms with Gasteiger partial charge in [-0.15, -0.1) is 6.42 Å². The molecule has 0 rings (SSSR count). The Morgan fingerprint density at radius 2 is 2.06 bits per heavy atom. The monoisotopic (exact) mass is 338 g/mol. The van der Waals surface area contributed by atoms with Crippen molar-refractivity contribution >= 4 is 34.5 Å². The number of carbonyl (C=O) groups is 2. The molecule has 0 bridgehead atoms. The Labute approximate surface area is 110 Å². The van der Waals surface area contributed by atoms with Gasteiger partial charge in [-0.05, 0) is 24.9 Å². The van der Waals surface area contributed by atoms with Gasteiger partial charge in [0.25, 0.3) is 0 Å². The van der Waals surface area contributed by atoms with Crippen LogP contribution in [-0.2, 0) is 19.1 Å². The number of carbonyl (C=O) groups excluding carboxylic acids is 2. The molecule has 5 heteroatoms. The molecule has 0 atom stereocenters. The van der Waals surface area contributed by atoms with Crippen molar-refractivity contribution in [3.8, 4) is 12.3 Å². The molecule has 0 aromatic heterocycles. The number of esters is 2. The first-order valence-corrected chi connectivity index (χ1v) is 5.83. The van der Waals surface area contributed by atoms with Crippen LogP contribution in [0.25, 0.3) is 0 Å². The summed E-state index contributed by atoms with van der Waals surface area (Å²) < 4.78 is 10.7. The molecule has 0 aliphatic carbocycles. The van der Waals surface area contributed by atoms with Crippen LogP contribution in [0.3, 0.4) is 0 Å². The Morgan fingerprint density at radius 1 is 1.50 bits per heavy atom. The van der Waals surface area contributed by atoms with Crippen molar-refractivity contribution in [1.29, 1.82) is 0 Å². The minimum absolute atomic E-state index is 0.112. The van der Waals surface area contributed by atoms with Crippen LogP contribution in [-0.4, -0.2) is 24.6 Å². The second-order valence-electron chi connectivity index (χ2n) is 2.64. The largest absolute Gasteiger partial charge is 0.463 e. The van der Waals surface area contributed by atoms with Gasteiger partial charge in [-0.2, -0.15) is 0 Å². The lowest BCUT2D eigenvalue weighted by Gasteiger charge is -2.01. The first-order valence-electron chi connectivity index (χ1n) is 4.58. The third-order valence-corrected chi connectivity index (χ3v) is 1.31. The van der Waals surface area contributed by atoms with Crippen LogP contribution in [0.15, 0.2) is 10.2 Å². The summed E-state index contributed by atoms with van der Waals surface area (Å²) in [5, 5.41) is 0. The summed E-state index contributed by atoms with van der Waals surface area (Å²) in [6.07, 6.45) is 5.96. The summed E-state index contributed by atoms with van der Waals surface area (Å²) in [7, 11) is 0. The molecule has 0 fully saturated rings. The van der Waals surface area contributed by atoms with Gasteiger partial charge in [0.1, 0.15) is 0 Å². The van der Waals surface area contributed by atoms with Gasteiger partial charge in [-0.1, -0.05) is 22.6 Å². The molecule has 90 valence electrons. The molecule has 0 aliphatic rings. The van der Waals surface area contributed by atoms with Crippen LogP contribution in [0.2, 0.25) is 0 Å². The number of terminal acetylenes is 1. The summed E-state index contributed by atoms with van der Waals surface area (Å²) in [6.45, 7) is 5.71. The predicted octanol–water partition coefficient (Wildman–Crippen LogP) is 2.07. The lowest BCUT2D eigenvalue weighted by molar-refractivity contribution is -0.140. The van der Waals surface area contributed by atoms with E-state index in [1.807, 2.05) is 28.5 Å². The molecule has 16 heavy (non-hydrogen) atoms. The Hall–Kier alpha value is -1.03. The minimum Gasteiger partial charge on any atom is -0.463 e. The van der Waals surface area contributed by atoms with E-state index in [0.29, 0.717) is 6.61 Å². The third kappa shape index (κ3) is 15.4. The van der Waals surface area contributed by atoms with Gasteiger partial charge in [-0.3, -0.25) is 0 Å². The smallest absolute Gasteiger partial charge is 0.384 e. The van der Waals surface area contributed by atoms with Crippen molar-refractivity contribution in [3.63, 3.8) is 0 Å². The predicted molar refractivity (Wildman–Crippen MR) is 69.9 cm³/mol. The van der Waals surface area contributed by atoms with E-state index in [2.05, 4.69) is 9.47 Å². The maximum atomic E-state index is 10.3. The topological polar surface area (TPSA) is 52.6 Å². The van der Waals surface area contributed by atoms with Gasteiger partial charge in [0.2, 0.25) is 0 Å². The van der Waals surface area contributed by atoms with Crippen LogP contribution in [0.1, 0.15) is 20.8 Å². The molecule has 0 amide bonds. The quantitative estimate of drug-likeness (QED) is 0.260.